The highest BCUT2D eigenvalue weighted by molar-refractivity contribution is 6.21. The van der Waals surface area contributed by atoms with E-state index in [2.05, 4.69) is 34.6 Å². The van der Waals surface area contributed by atoms with Crippen molar-refractivity contribution in [2.75, 3.05) is 0 Å². The molecule has 0 aromatic carbocycles. The molecule has 4 aliphatic rings. The maximum Gasteiger partial charge on any atom is 0.135 e. The number of rotatable bonds is 5. The minimum Gasteiger partial charge on any atom is -0.387 e. The second kappa shape index (κ2) is 8.05. The number of Topliss-reactive ketones (excluding diaryl/α,β-unsaturated/α-hetero) is 1. The van der Waals surface area contributed by atoms with E-state index in [1.54, 1.807) is 0 Å². The van der Waals surface area contributed by atoms with E-state index in [-0.39, 0.29) is 23.0 Å². The summed E-state index contributed by atoms with van der Waals surface area (Å²) in [6, 6.07) is 0. The lowest BCUT2D eigenvalue weighted by Crippen LogP contribution is -2.67. The molecule has 4 aliphatic carbocycles. The molecule has 9 atom stereocenters. The fraction of sp³-hybridized carbons (Fsp3) is 0.963. The van der Waals surface area contributed by atoms with Crippen LogP contribution in [-0.4, -0.2) is 21.9 Å². The van der Waals surface area contributed by atoms with Crippen molar-refractivity contribution in [3.63, 3.8) is 0 Å². The molecule has 30 heavy (non-hydrogen) atoms. The Labute approximate surface area is 189 Å². The van der Waals surface area contributed by atoms with Crippen molar-refractivity contribution in [1.29, 1.82) is 0 Å². The predicted octanol–water partition coefficient (Wildman–Crippen LogP) is 7.01. The topological polar surface area (TPSA) is 37.3 Å². The summed E-state index contributed by atoms with van der Waals surface area (Å²) < 4.78 is 0. The Kier molecular flexibility index (Phi) is 6.20. The Morgan fingerprint density at radius 3 is 2.50 bits per heavy atom. The first kappa shape index (κ1) is 23.1. The molecule has 0 unspecified atom stereocenters. The molecule has 2 nitrogen and oxygen atoms in total. The maximum atomic E-state index is 12.2. The second-order valence-corrected chi connectivity index (χ2v) is 13.2. The highest BCUT2D eigenvalue weighted by Gasteiger charge is 2.67. The van der Waals surface area contributed by atoms with Gasteiger partial charge >= 0.3 is 0 Å². The van der Waals surface area contributed by atoms with Crippen LogP contribution in [0.4, 0.5) is 0 Å². The maximum absolute atomic E-state index is 12.2. The molecule has 0 aromatic heterocycles. The van der Waals surface area contributed by atoms with Crippen molar-refractivity contribution in [2.24, 2.45) is 46.3 Å². The van der Waals surface area contributed by atoms with Gasteiger partial charge in [-0.05, 0) is 79.4 Å². The number of hydrogen-bond donors (Lipinski definition) is 1. The largest absolute Gasteiger partial charge is 0.387 e. The smallest absolute Gasteiger partial charge is 0.135 e. The summed E-state index contributed by atoms with van der Waals surface area (Å²) in [5.74, 6) is 4.56. The summed E-state index contributed by atoms with van der Waals surface area (Å²) in [6.07, 6.45) is 11.9. The molecule has 0 aromatic rings. The van der Waals surface area contributed by atoms with E-state index >= 15 is 0 Å². The van der Waals surface area contributed by atoms with Gasteiger partial charge < -0.3 is 5.11 Å². The molecule has 0 amide bonds. The van der Waals surface area contributed by atoms with Gasteiger partial charge in [0.15, 0.2) is 0 Å². The van der Waals surface area contributed by atoms with Gasteiger partial charge in [0.05, 0.1) is 11.0 Å². The van der Waals surface area contributed by atoms with Crippen molar-refractivity contribution in [1.82, 2.24) is 0 Å². The van der Waals surface area contributed by atoms with Gasteiger partial charge in [0, 0.05) is 18.3 Å². The van der Waals surface area contributed by atoms with Gasteiger partial charge in [-0.2, -0.15) is 0 Å². The SMILES string of the molecule is CC(C)CCC[C@@H](C)[C@H]1CC[C@@H]2[C@@H]3C[C@@H](Cl)[C@@]4(O)CC(=O)CC[C@]4(C)[C@@H]3CC[C@@]21C. The van der Waals surface area contributed by atoms with E-state index in [1.807, 2.05) is 0 Å². The van der Waals surface area contributed by atoms with Crippen molar-refractivity contribution in [3.8, 4) is 0 Å². The fourth-order valence-electron chi connectivity index (χ4n) is 9.05. The summed E-state index contributed by atoms with van der Waals surface area (Å²) in [7, 11) is 0. The molecule has 0 aliphatic heterocycles. The van der Waals surface area contributed by atoms with Gasteiger partial charge in [-0.3, -0.25) is 4.79 Å². The van der Waals surface area contributed by atoms with Crippen molar-refractivity contribution in [3.05, 3.63) is 0 Å². The van der Waals surface area contributed by atoms with Crippen LogP contribution in [0.25, 0.3) is 0 Å². The molecular formula is C27H45ClO2. The van der Waals surface area contributed by atoms with Gasteiger partial charge in [0.1, 0.15) is 5.78 Å². The fourth-order valence-corrected chi connectivity index (χ4v) is 9.58. The Morgan fingerprint density at radius 1 is 1.07 bits per heavy atom. The van der Waals surface area contributed by atoms with Crippen molar-refractivity contribution >= 4 is 17.4 Å². The van der Waals surface area contributed by atoms with E-state index in [0.29, 0.717) is 23.7 Å². The van der Waals surface area contributed by atoms with Gasteiger partial charge in [-0.1, -0.05) is 53.9 Å². The van der Waals surface area contributed by atoms with Crippen LogP contribution in [0.2, 0.25) is 0 Å². The van der Waals surface area contributed by atoms with E-state index in [9.17, 15) is 9.90 Å². The van der Waals surface area contributed by atoms with Crippen LogP contribution >= 0.6 is 11.6 Å². The molecule has 1 N–H and O–H groups in total. The summed E-state index contributed by atoms with van der Waals surface area (Å²) in [5.41, 5.74) is -0.759. The number of hydrogen-bond acceptors (Lipinski definition) is 2. The first-order chi connectivity index (χ1) is 14.0. The molecule has 4 rings (SSSR count). The molecule has 0 saturated heterocycles. The first-order valence-electron chi connectivity index (χ1n) is 12.9. The van der Waals surface area contributed by atoms with Crippen molar-refractivity contribution < 1.29 is 9.90 Å². The van der Waals surface area contributed by atoms with Crippen LogP contribution in [0.5, 0.6) is 0 Å². The van der Waals surface area contributed by atoms with Gasteiger partial charge in [-0.15, -0.1) is 11.6 Å². The molecule has 172 valence electrons. The number of alkyl halides is 1. The third-order valence-corrected chi connectivity index (χ3v) is 11.4. The monoisotopic (exact) mass is 436 g/mol. The number of carbonyl (C=O) groups excluding carboxylic acids is 1. The third-order valence-electron chi connectivity index (χ3n) is 10.8. The summed E-state index contributed by atoms with van der Waals surface area (Å²) in [5, 5.41) is 11.4. The lowest BCUT2D eigenvalue weighted by Gasteiger charge is -2.64. The van der Waals surface area contributed by atoms with Crippen LogP contribution in [-0.2, 0) is 4.79 Å². The molecule has 0 spiro atoms. The zero-order valence-corrected chi connectivity index (χ0v) is 20.8. The molecule has 3 heteroatoms. The van der Waals surface area contributed by atoms with Crippen LogP contribution in [0, 0.1) is 46.3 Å². The van der Waals surface area contributed by atoms with Gasteiger partial charge in [0.2, 0.25) is 0 Å². The molecule has 0 heterocycles. The summed E-state index contributed by atoms with van der Waals surface area (Å²) in [4.78, 5) is 12.2. The standard InChI is InChI=1S/C27H45ClO2/c1-17(2)7-6-8-18(3)21-9-10-22-20-15-24(28)27(30)16-19(29)11-14-26(27,5)23(20)12-13-25(21,22)4/h17-18,20-24,30H,6-16H2,1-5H3/t18-,20+,21-,22-,23-,24-,25-,26-,27+/m1/s1. The molecule has 0 radical (unpaired) electrons. The third kappa shape index (κ3) is 3.42. The predicted molar refractivity (Wildman–Crippen MR) is 125 cm³/mol. The number of aliphatic hydroxyl groups is 1. The number of ketones is 1. The number of fused-ring (bicyclic) bond motifs is 5. The number of halogens is 1. The molecule has 4 fully saturated rings. The Bertz CT molecular complexity index is 661. The van der Waals surface area contributed by atoms with Crippen LogP contribution in [0.1, 0.15) is 105 Å². The molecular weight excluding hydrogens is 392 g/mol. The van der Waals surface area contributed by atoms with Crippen LogP contribution in [0.15, 0.2) is 0 Å². The first-order valence-corrected chi connectivity index (χ1v) is 13.3. The summed E-state index contributed by atoms with van der Waals surface area (Å²) in [6.45, 7) is 12.1. The Morgan fingerprint density at radius 2 is 1.80 bits per heavy atom. The lowest BCUT2D eigenvalue weighted by atomic mass is 9.43. The van der Waals surface area contributed by atoms with Crippen LogP contribution < -0.4 is 0 Å². The van der Waals surface area contributed by atoms with Gasteiger partial charge in [0.25, 0.3) is 0 Å². The average molecular weight is 437 g/mol. The number of carbonyl (C=O) groups is 1. The highest BCUT2D eigenvalue weighted by atomic mass is 35.5. The van der Waals surface area contributed by atoms with E-state index in [4.69, 9.17) is 11.6 Å². The zero-order valence-electron chi connectivity index (χ0n) is 20.1. The van der Waals surface area contributed by atoms with E-state index in [0.717, 1.165) is 36.5 Å². The minimum atomic E-state index is -0.999. The van der Waals surface area contributed by atoms with E-state index < -0.39 is 5.60 Å². The van der Waals surface area contributed by atoms with Crippen molar-refractivity contribution in [2.45, 2.75) is 116 Å². The van der Waals surface area contributed by atoms with Gasteiger partial charge in [-0.25, -0.2) is 0 Å². The summed E-state index contributed by atoms with van der Waals surface area (Å²) >= 11 is 6.94. The quantitative estimate of drug-likeness (QED) is 0.470. The average Bonchev–Trinajstić information content (AvgIpc) is 3.01. The molecule has 4 saturated carbocycles. The zero-order chi connectivity index (χ0) is 21.9. The Hall–Kier alpha value is -0.0800. The normalized spacial score (nSPS) is 49.5. The second-order valence-electron chi connectivity index (χ2n) is 12.7. The molecule has 0 bridgehead atoms. The lowest BCUT2D eigenvalue weighted by molar-refractivity contribution is -0.201. The van der Waals surface area contributed by atoms with Crippen LogP contribution in [0.3, 0.4) is 0 Å². The highest BCUT2D eigenvalue weighted by Crippen LogP contribution is 2.69. The minimum absolute atomic E-state index is 0.196. The Balaban J connectivity index is 1.54. The van der Waals surface area contributed by atoms with E-state index in [1.165, 1.54) is 44.9 Å².